The molecule has 14 nitrogen and oxygen atoms in total. The topological polar surface area (TPSA) is 195 Å². The Kier molecular flexibility index (Phi) is 24.1. The highest BCUT2D eigenvalue weighted by Gasteiger charge is 2.27. The molecule has 6 aliphatic rings. The summed E-state index contributed by atoms with van der Waals surface area (Å²) in [6, 6.07) is 36.1. The fourth-order valence-electron chi connectivity index (χ4n) is 11.2. The van der Waals surface area contributed by atoms with Crippen molar-refractivity contribution in [3.63, 3.8) is 0 Å². The minimum absolute atomic E-state index is 0.0276. The van der Waals surface area contributed by atoms with Gasteiger partial charge in [0, 0.05) is 0 Å². The number of rotatable bonds is 14. The summed E-state index contributed by atoms with van der Waals surface area (Å²) in [6.07, 6.45) is 9.70. The molecule has 6 aromatic rings. The zero-order valence-electron chi connectivity index (χ0n) is 49.2. The Bertz CT molecular complexity index is 2750. The van der Waals surface area contributed by atoms with Gasteiger partial charge in [-0.1, -0.05) is 147 Å². The van der Waals surface area contributed by atoms with Crippen LogP contribution < -0.4 is 66.9 Å². The average molecular weight is 1110 g/mol. The first-order valence-corrected chi connectivity index (χ1v) is 28.9. The molecule has 0 fully saturated rings. The minimum atomic E-state index is -0.243. The maximum absolute atomic E-state index is 10.8. The van der Waals surface area contributed by atoms with Crippen molar-refractivity contribution in [2.45, 2.75) is 119 Å². The number of ketones is 2. The van der Waals surface area contributed by atoms with Gasteiger partial charge >= 0.3 is 13.8 Å². The van der Waals surface area contributed by atoms with E-state index in [1.165, 1.54) is 120 Å². The second kappa shape index (κ2) is 31.3. The largest absolute Gasteiger partial charge is 0.486 e. The normalized spacial score (nSPS) is 14.2. The summed E-state index contributed by atoms with van der Waals surface area (Å²) in [7, 11) is 0. The Balaban J connectivity index is 0.000000142. The molecule has 0 radical (unpaired) electrons. The molecule has 0 spiro atoms. The van der Waals surface area contributed by atoms with Crippen LogP contribution in [0.4, 0.5) is 0 Å². The zero-order valence-corrected chi connectivity index (χ0v) is 49.2. The van der Waals surface area contributed by atoms with Crippen molar-refractivity contribution < 1.29 is 62.6 Å². The molecular formula is C62H79B6NO13. The van der Waals surface area contributed by atoms with Gasteiger partial charge in [0.25, 0.3) is 0 Å². The smallest absolute Gasteiger partial charge is 0.324 e. The van der Waals surface area contributed by atoms with Crippen molar-refractivity contribution in [3.05, 3.63) is 143 Å². The zero-order chi connectivity index (χ0) is 58.7. The summed E-state index contributed by atoms with van der Waals surface area (Å²) < 4.78 is 42.0. The Morgan fingerprint density at radius 3 is 0.927 bits per heavy atom. The van der Waals surface area contributed by atoms with Gasteiger partial charge in [0.2, 0.25) is 0 Å². The van der Waals surface area contributed by atoms with Gasteiger partial charge in [0.1, 0.15) is 54.4 Å². The van der Waals surface area contributed by atoms with Crippen molar-refractivity contribution >= 4 is 85.0 Å². The second-order valence-corrected chi connectivity index (χ2v) is 21.9. The molecule has 0 atom stereocenters. The molecule has 0 saturated carbocycles. The molecule has 428 valence electrons. The average Bonchev–Trinajstić information content (AvgIpc) is 4.36. The molecule has 0 aliphatic carbocycles. The number of fused-ring (bicyclic) bond motifs is 6. The Labute approximate surface area is 487 Å². The molecule has 6 aromatic carbocycles. The maximum atomic E-state index is 10.8. The number of aryl methyl sites for hydroxylation is 4. The molecule has 12 rings (SSSR count). The first kappa shape index (κ1) is 63.2. The fourth-order valence-corrected chi connectivity index (χ4v) is 11.2. The first-order chi connectivity index (χ1) is 39.6. The van der Waals surface area contributed by atoms with Crippen molar-refractivity contribution in [2.75, 3.05) is 40.3 Å². The van der Waals surface area contributed by atoms with E-state index in [1.807, 2.05) is 92.5 Å². The van der Waals surface area contributed by atoms with Crippen LogP contribution in [0.5, 0.6) is 34.5 Å². The van der Waals surface area contributed by atoms with Crippen molar-refractivity contribution in [1.29, 1.82) is 0 Å². The van der Waals surface area contributed by atoms with E-state index in [1.54, 1.807) is 0 Å². The monoisotopic (exact) mass is 1110 g/mol. The molecule has 5 N–H and O–H groups in total. The van der Waals surface area contributed by atoms with E-state index in [9.17, 15) is 9.59 Å². The highest BCUT2D eigenvalue weighted by atomic mass is 16.6. The Morgan fingerprint density at radius 2 is 0.659 bits per heavy atom. The van der Waals surface area contributed by atoms with Gasteiger partial charge in [-0.15, -0.1) is 0 Å². The standard InChI is InChI=1S/2C11H13BO3.C10H14BNO.3C10H13BO2/c2*1-8(13)6-14-10-4-3-9-7-15-12(2)11(9)5-10;4*1-11-5-4-8-2-3-9(13-7-12)6-10(8)11/h2*3-5H,6-7H2,1-2H3;2-3,6H,4-5,7,12H2,1H3;3*2-3,6,12H,4-5,7H2,1H3. The highest BCUT2D eigenvalue weighted by molar-refractivity contribution is 6.75. The SMILES string of the molecule is CB1CCc2ccc(OCN)cc21.CB1CCc2ccc(OCO)cc21.CB1CCc2ccc(OCO)cc21.CB1CCc2ccc(OCO)cc21.CB1OCc2ccc(OCC(C)=O)cc21.CB1OCc2ccc(OCC(C)=O)cc21. The van der Waals surface area contributed by atoms with Crippen LogP contribution >= 0.6 is 0 Å². The number of carbonyl (C=O) groups excluding carboxylic acids is 2. The van der Waals surface area contributed by atoms with Gasteiger partial charge in [0.15, 0.2) is 58.8 Å². The molecule has 0 saturated heterocycles. The van der Waals surface area contributed by atoms with Crippen LogP contribution in [0.2, 0.25) is 66.2 Å². The lowest BCUT2D eigenvalue weighted by Crippen LogP contribution is -2.24. The van der Waals surface area contributed by atoms with Gasteiger partial charge < -0.3 is 53.0 Å². The number of hydrogen-bond donors (Lipinski definition) is 4. The Hall–Kier alpha value is -6.39. The van der Waals surface area contributed by atoms with E-state index in [0.717, 1.165) is 45.4 Å². The van der Waals surface area contributed by atoms with Crippen LogP contribution in [0.15, 0.2) is 109 Å². The number of Topliss-reactive ketones (excluding diaryl/α,β-unsaturated/α-hetero) is 2. The summed E-state index contributed by atoms with van der Waals surface area (Å²) in [4.78, 5) is 21.5. The summed E-state index contributed by atoms with van der Waals surface area (Å²) >= 11 is 0. The number of nitrogens with two attached hydrogens (primary N) is 1. The Morgan fingerprint density at radius 1 is 0.402 bits per heavy atom. The number of carbonyl (C=O) groups is 2. The van der Waals surface area contributed by atoms with E-state index in [0.29, 0.717) is 40.1 Å². The molecule has 20 heteroatoms. The van der Waals surface area contributed by atoms with Gasteiger partial charge in [-0.25, -0.2) is 0 Å². The molecule has 0 unspecified atom stereocenters. The van der Waals surface area contributed by atoms with E-state index >= 15 is 0 Å². The molecule has 0 aromatic heterocycles. The minimum Gasteiger partial charge on any atom is -0.486 e. The number of aliphatic hydroxyl groups is 3. The van der Waals surface area contributed by atoms with E-state index in [-0.39, 0.29) is 65.7 Å². The second-order valence-electron chi connectivity index (χ2n) is 21.9. The van der Waals surface area contributed by atoms with Crippen molar-refractivity contribution in [2.24, 2.45) is 5.73 Å². The van der Waals surface area contributed by atoms with Gasteiger partial charge in [-0.05, 0) is 134 Å². The maximum Gasteiger partial charge on any atom is 0.324 e. The van der Waals surface area contributed by atoms with Crippen LogP contribution in [0.25, 0.3) is 0 Å². The molecule has 0 amide bonds. The highest BCUT2D eigenvalue weighted by Crippen LogP contribution is 2.24. The lowest BCUT2D eigenvalue weighted by molar-refractivity contribution is -0.119. The summed E-state index contributed by atoms with van der Waals surface area (Å²) in [6.45, 7) is 20.0. The summed E-state index contributed by atoms with van der Waals surface area (Å²) in [5.74, 6) is 4.75. The number of aliphatic hydroxyl groups excluding tert-OH is 3. The van der Waals surface area contributed by atoms with Crippen LogP contribution in [-0.4, -0.2) is 108 Å². The van der Waals surface area contributed by atoms with E-state index in [4.69, 9.17) is 58.8 Å². The third-order valence-electron chi connectivity index (χ3n) is 15.9. The lowest BCUT2D eigenvalue weighted by Gasteiger charge is -2.06. The number of hydrogen-bond acceptors (Lipinski definition) is 14. The van der Waals surface area contributed by atoms with E-state index < -0.39 is 0 Å². The van der Waals surface area contributed by atoms with Crippen LogP contribution in [0.1, 0.15) is 47.2 Å². The summed E-state index contributed by atoms with van der Waals surface area (Å²) in [5.41, 5.74) is 21.4. The lowest BCUT2D eigenvalue weighted by atomic mass is 9.48. The third kappa shape index (κ3) is 17.8. The van der Waals surface area contributed by atoms with Crippen LogP contribution in [0, 0.1) is 0 Å². The van der Waals surface area contributed by atoms with Gasteiger partial charge in [-0.3, -0.25) is 15.3 Å². The fraction of sp³-hybridized carbons (Fsp3) is 0.387. The molecule has 0 bridgehead atoms. The molecule has 82 heavy (non-hydrogen) atoms. The quantitative estimate of drug-likeness (QED) is 0.0778. The van der Waals surface area contributed by atoms with E-state index in [2.05, 4.69) is 57.6 Å². The molecular weight excluding hydrogens is 1030 g/mol. The first-order valence-electron chi connectivity index (χ1n) is 28.9. The predicted octanol–water partition coefficient (Wildman–Crippen LogP) is 5.60. The number of benzene rings is 6. The van der Waals surface area contributed by atoms with Crippen molar-refractivity contribution in [1.82, 2.24) is 0 Å². The van der Waals surface area contributed by atoms with Crippen LogP contribution in [-0.2, 0) is 57.8 Å². The summed E-state index contributed by atoms with van der Waals surface area (Å²) in [5, 5.41) is 25.8. The van der Waals surface area contributed by atoms with Gasteiger partial charge in [-0.2, -0.15) is 0 Å². The third-order valence-corrected chi connectivity index (χ3v) is 15.9. The van der Waals surface area contributed by atoms with Gasteiger partial charge in [0.05, 0.1) is 13.2 Å². The predicted molar refractivity (Wildman–Crippen MR) is 335 cm³/mol. The van der Waals surface area contributed by atoms with Crippen molar-refractivity contribution in [3.8, 4) is 34.5 Å². The van der Waals surface area contributed by atoms with Crippen LogP contribution in [0.3, 0.4) is 0 Å². The number of ether oxygens (including phenoxy) is 6. The molecule has 6 aliphatic heterocycles. The molecule has 6 heterocycles.